The number of hydrogen-bond donors (Lipinski definition) is 0. The van der Waals surface area contributed by atoms with Crippen molar-refractivity contribution in [2.24, 2.45) is 5.92 Å². The first-order valence-electron chi connectivity index (χ1n) is 9.89. The number of imidazole rings is 1. The molecule has 0 saturated carbocycles. The summed E-state index contributed by atoms with van der Waals surface area (Å²) >= 11 is 0. The summed E-state index contributed by atoms with van der Waals surface area (Å²) < 4.78 is 12.8. The molecule has 2 aromatic rings. The molecule has 4 heterocycles. The van der Waals surface area contributed by atoms with Crippen LogP contribution in [0.4, 0.5) is 0 Å². The molecule has 0 aliphatic carbocycles. The van der Waals surface area contributed by atoms with Crippen molar-refractivity contribution in [3.63, 3.8) is 0 Å². The number of ether oxygens (including phenoxy) is 2. The van der Waals surface area contributed by atoms with Crippen LogP contribution in [0, 0.1) is 5.92 Å². The van der Waals surface area contributed by atoms with Gasteiger partial charge < -0.3 is 14.0 Å². The molecular formula is C21H30N4O2. The van der Waals surface area contributed by atoms with Gasteiger partial charge in [-0.3, -0.25) is 9.80 Å². The van der Waals surface area contributed by atoms with E-state index in [1.807, 2.05) is 18.3 Å². The lowest BCUT2D eigenvalue weighted by atomic mass is 9.95. The molecule has 146 valence electrons. The van der Waals surface area contributed by atoms with Crippen molar-refractivity contribution >= 4 is 0 Å². The fraction of sp³-hybridized carbons (Fsp3) is 0.571. The van der Waals surface area contributed by atoms with Crippen molar-refractivity contribution in [2.45, 2.75) is 25.4 Å². The monoisotopic (exact) mass is 370 g/mol. The van der Waals surface area contributed by atoms with Gasteiger partial charge in [-0.15, -0.1) is 0 Å². The number of benzene rings is 1. The van der Waals surface area contributed by atoms with E-state index >= 15 is 0 Å². The molecule has 6 nitrogen and oxygen atoms in total. The number of rotatable bonds is 7. The smallest absolute Gasteiger partial charge is 0.127 e. The summed E-state index contributed by atoms with van der Waals surface area (Å²) in [5.74, 6) is 2.73. The van der Waals surface area contributed by atoms with Gasteiger partial charge >= 0.3 is 0 Å². The first kappa shape index (κ1) is 18.5. The lowest BCUT2D eigenvalue weighted by molar-refractivity contribution is 0.0867. The van der Waals surface area contributed by atoms with Crippen LogP contribution in [0.1, 0.15) is 18.7 Å². The Bertz CT molecular complexity index is 730. The maximum Gasteiger partial charge on any atom is 0.127 e. The van der Waals surface area contributed by atoms with Crippen molar-refractivity contribution in [3.05, 3.63) is 42.5 Å². The molecule has 0 amide bonds. The Morgan fingerprint density at radius 2 is 1.93 bits per heavy atom. The number of fused-ring (bicyclic) bond motifs is 4. The molecule has 27 heavy (non-hydrogen) atoms. The Balaban J connectivity index is 1.46. The minimum Gasteiger partial charge on any atom is -0.497 e. The highest BCUT2D eigenvalue weighted by Crippen LogP contribution is 2.28. The topological polar surface area (TPSA) is 42.8 Å². The normalized spacial score (nSPS) is 23.5. The average Bonchev–Trinajstić information content (AvgIpc) is 2.98. The van der Waals surface area contributed by atoms with E-state index in [0.717, 1.165) is 56.0 Å². The third kappa shape index (κ3) is 4.18. The molecule has 2 bridgehead atoms. The molecule has 1 aromatic carbocycles. The molecule has 2 atom stereocenters. The minimum absolute atomic E-state index is 0.642. The summed E-state index contributed by atoms with van der Waals surface area (Å²) in [6, 6.07) is 8.81. The summed E-state index contributed by atoms with van der Waals surface area (Å²) in [6.45, 7) is 6.25. The maximum atomic E-state index is 5.31. The van der Waals surface area contributed by atoms with E-state index < -0.39 is 0 Å². The Morgan fingerprint density at radius 1 is 1.07 bits per heavy atom. The summed E-state index contributed by atoms with van der Waals surface area (Å²) in [7, 11) is 3.49. The summed E-state index contributed by atoms with van der Waals surface area (Å²) in [5.41, 5.74) is 1.13. The number of piperidine rings is 1. The van der Waals surface area contributed by atoms with Gasteiger partial charge in [-0.05, 0) is 43.0 Å². The number of aromatic nitrogens is 2. The summed E-state index contributed by atoms with van der Waals surface area (Å²) in [5, 5.41) is 0. The molecule has 6 heteroatoms. The maximum absolute atomic E-state index is 5.31. The van der Waals surface area contributed by atoms with E-state index in [2.05, 4.69) is 37.7 Å². The SMILES string of the molecule is COCCN1C[C@@H]2CC[C@H]1CN(Cc1nccn1-c1ccc(OC)cc1)C2. The molecule has 3 saturated heterocycles. The van der Waals surface area contributed by atoms with E-state index in [1.54, 1.807) is 14.2 Å². The lowest BCUT2D eigenvalue weighted by Crippen LogP contribution is -2.45. The third-order valence-electron chi connectivity index (χ3n) is 5.92. The lowest BCUT2D eigenvalue weighted by Gasteiger charge is -2.35. The molecule has 0 radical (unpaired) electrons. The van der Waals surface area contributed by atoms with Crippen LogP contribution >= 0.6 is 0 Å². The Morgan fingerprint density at radius 3 is 2.70 bits per heavy atom. The van der Waals surface area contributed by atoms with Gasteiger partial charge in [0.1, 0.15) is 11.6 Å². The zero-order chi connectivity index (χ0) is 18.6. The second-order valence-electron chi connectivity index (χ2n) is 7.69. The molecular weight excluding hydrogens is 340 g/mol. The van der Waals surface area contributed by atoms with Crippen molar-refractivity contribution in [1.29, 1.82) is 0 Å². The van der Waals surface area contributed by atoms with Crippen LogP contribution in [0.15, 0.2) is 36.7 Å². The zero-order valence-electron chi connectivity index (χ0n) is 16.4. The highest BCUT2D eigenvalue weighted by atomic mass is 16.5. The number of methoxy groups -OCH3 is 2. The Kier molecular flexibility index (Phi) is 5.76. The van der Waals surface area contributed by atoms with Crippen LogP contribution in [0.3, 0.4) is 0 Å². The number of hydrogen-bond acceptors (Lipinski definition) is 5. The van der Waals surface area contributed by atoms with Gasteiger partial charge in [-0.1, -0.05) is 0 Å². The summed E-state index contributed by atoms with van der Waals surface area (Å²) in [6.07, 6.45) is 6.60. The van der Waals surface area contributed by atoms with Crippen LogP contribution in [0.5, 0.6) is 5.75 Å². The molecule has 1 aromatic heterocycles. The van der Waals surface area contributed by atoms with E-state index in [1.165, 1.54) is 19.4 Å². The molecule has 5 rings (SSSR count). The molecule has 0 unspecified atom stereocenters. The van der Waals surface area contributed by atoms with Gasteiger partial charge in [0, 0.05) is 57.4 Å². The van der Waals surface area contributed by atoms with Crippen LogP contribution < -0.4 is 4.74 Å². The van der Waals surface area contributed by atoms with E-state index in [0.29, 0.717) is 6.04 Å². The zero-order valence-corrected chi connectivity index (χ0v) is 16.4. The highest BCUT2D eigenvalue weighted by molar-refractivity contribution is 5.38. The van der Waals surface area contributed by atoms with Crippen molar-refractivity contribution in [1.82, 2.24) is 19.4 Å². The van der Waals surface area contributed by atoms with Gasteiger partial charge in [0.25, 0.3) is 0 Å². The van der Waals surface area contributed by atoms with E-state index in [-0.39, 0.29) is 0 Å². The minimum atomic E-state index is 0.642. The van der Waals surface area contributed by atoms with E-state index in [4.69, 9.17) is 9.47 Å². The fourth-order valence-corrected chi connectivity index (χ4v) is 4.52. The van der Waals surface area contributed by atoms with Crippen molar-refractivity contribution in [2.75, 3.05) is 47.0 Å². The van der Waals surface area contributed by atoms with Crippen LogP contribution in [0.25, 0.3) is 5.69 Å². The Labute approximate surface area is 161 Å². The predicted octanol–water partition coefficient (Wildman–Crippen LogP) is 2.42. The Hall–Kier alpha value is -1.89. The molecule has 3 aliphatic rings. The molecule has 3 aliphatic heterocycles. The second kappa shape index (κ2) is 8.42. The third-order valence-corrected chi connectivity index (χ3v) is 5.92. The van der Waals surface area contributed by atoms with Crippen LogP contribution in [0.2, 0.25) is 0 Å². The van der Waals surface area contributed by atoms with Crippen LogP contribution in [-0.4, -0.2) is 72.4 Å². The van der Waals surface area contributed by atoms with Crippen molar-refractivity contribution < 1.29 is 9.47 Å². The standard InChI is InChI=1S/C21H30N4O2/c1-26-12-11-24-14-17-3-4-19(24)15-23(13-17)16-21-22-9-10-25(21)18-5-7-20(27-2)8-6-18/h5-10,17,19H,3-4,11-16H2,1-2H3/t17-,19+/m1/s1. The van der Waals surface area contributed by atoms with Gasteiger partial charge in [0.05, 0.1) is 20.3 Å². The largest absolute Gasteiger partial charge is 0.497 e. The van der Waals surface area contributed by atoms with Gasteiger partial charge in [0.2, 0.25) is 0 Å². The van der Waals surface area contributed by atoms with E-state index in [9.17, 15) is 0 Å². The van der Waals surface area contributed by atoms with Crippen LogP contribution in [-0.2, 0) is 11.3 Å². The quantitative estimate of drug-likeness (QED) is 0.749. The van der Waals surface area contributed by atoms with Crippen molar-refractivity contribution in [3.8, 4) is 11.4 Å². The van der Waals surface area contributed by atoms with Gasteiger partial charge in [-0.2, -0.15) is 0 Å². The molecule has 3 fully saturated rings. The average molecular weight is 370 g/mol. The van der Waals surface area contributed by atoms with Gasteiger partial charge in [-0.25, -0.2) is 4.98 Å². The predicted molar refractivity (Wildman–Crippen MR) is 105 cm³/mol. The molecule has 0 N–H and O–H groups in total. The molecule has 0 spiro atoms. The number of nitrogens with zero attached hydrogens (tertiary/aromatic N) is 4. The summed E-state index contributed by atoms with van der Waals surface area (Å²) in [4.78, 5) is 9.88. The first-order valence-corrected chi connectivity index (χ1v) is 9.89. The fourth-order valence-electron chi connectivity index (χ4n) is 4.52. The van der Waals surface area contributed by atoms with Gasteiger partial charge in [0.15, 0.2) is 0 Å². The second-order valence-corrected chi connectivity index (χ2v) is 7.69. The first-order chi connectivity index (χ1) is 13.3. The highest BCUT2D eigenvalue weighted by Gasteiger charge is 2.34.